The molecule has 1 aliphatic rings. The molecule has 0 atom stereocenters. The predicted octanol–water partition coefficient (Wildman–Crippen LogP) is 6.14. The Labute approximate surface area is 165 Å². The molecule has 136 valence electrons. The number of nitrogens with zero attached hydrogens (tertiary/aromatic N) is 3. The highest BCUT2D eigenvalue weighted by Gasteiger charge is 2.20. The van der Waals surface area contributed by atoms with E-state index in [9.17, 15) is 4.39 Å². The highest BCUT2D eigenvalue weighted by atomic mass is 35.5. The number of thioether (sulfide) groups is 1. The van der Waals surface area contributed by atoms with Gasteiger partial charge < -0.3 is 4.42 Å². The molecule has 0 fully saturated rings. The van der Waals surface area contributed by atoms with Gasteiger partial charge in [-0.25, -0.2) is 9.37 Å². The van der Waals surface area contributed by atoms with E-state index in [1.807, 2.05) is 19.1 Å². The first-order valence-electron chi connectivity index (χ1n) is 8.37. The van der Waals surface area contributed by atoms with Crippen molar-refractivity contribution >= 4 is 23.4 Å². The Kier molecular flexibility index (Phi) is 5.09. The molecular weight excluding hydrogens is 385 g/mol. The summed E-state index contributed by atoms with van der Waals surface area (Å²) in [5.41, 5.74) is 2.77. The summed E-state index contributed by atoms with van der Waals surface area (Å²) in [4.78, 5) is 14.5. The van der Waals surface area contributed by atoms with Gasteiger partial charge in [0.2, 0.25) is 5.89 Å². The maximum atomic E-state index is 13.2. The molecule has 2 heterocycles. The summed E-state index contributed by atoms with van der Waals surface area (Å²) >= 11 is 7.54. The Morgan fingerprint density at radius 2 is 1.89 bits per heavy atom. The van der Waals surface area contributed by atoms with Crippen LogP contribution in [0.1, 0.15) is 18.5 Å². The topological polar surface area (TPSA) is 51.8 Å². The van der Waals surface area contributed by atoms with Crippen LogP contribution in [0.15, 0.2) is 68.3 Å². The smallest absolute Gasteiger partial charge is 0.228 e. The minimum Gasteiger partial charge on any atom is -0.429 e. The van der Waals surface area contributed by atoms with Gasteiger partial charge in [-0.1, -0.05) is 29.4 Å². The number of benzene rings is 1. The van der Waals surface area contributed by atoms with Gasteiger partial charge in [0.25, 0.3) is 0 Å². The van der Waals surface area contributed by atoms with E-state index in [-0.39, 0.29) is 5.82 Å². The normalized spacial score (nSPS) is 14.0. The lowest BCUT2D eigenvalue weighted by atomic mass is 10.2. The Morgan fingerprint density at radius 1 is 1.07 bits per heavy atom. The number of allylic oxidation sites excluding steroid dienone is 4. The first kappa shape index (κ1) is 17.9. The van der Waals surface area contributed by atoms with Gasteiger partial charge in [-0.2, -0.15) is 0 Å². The summed E-state index contributed by atoms with van der Waals surface area (Å²) in [6.45, 7) is 1.88. The molecule has 0 N–H and O–H groups in total. The van der Waals surface area contributed by atoms with Crippen LogP contribution in [0.25, 0.3) is 22.8 Å². The lowest BCUT2D eigenvalue weighted by Crippen LogP contribution is -1.91. The van der Waals surface area contributed by atoms with Crippen molar-refractivity contribution < 1.29 is 8.81 Å². The number of rotatable bonds is 4. The van der Waals surface area contributed by atoms with Gasteiger partial charge in [-0.3, -0.25) is 9.97 Å². The highest BCUT2D eigenvalue weighted by Crippen LogP contribution is 2.40. The van der Waals surface area contributed by atoms with E-state index >= 15 is 0 Å². The van der Waals surface area contributed by atoms with Gasteiger partial charge in [-0.05, 0) is 55.0 Å². The van der Waals surface area contributed by atoms with Gasteiger partial charge in [-0.15, -0.1) is 0 Å². The van der Waals surface area contributed by atoms with E-state index in [0.29, 0.717) is 27.9 Å². The van der Waals surface area contributed by atoms with Gasteiger partial charge in [0.05, 0.1) is 11.9 Å². The van der Waals surface area contributed by atoms with E-state index in [1.54, 1.807) is 24.5 Å². The van der Waals surface area contributed by atoms with Crippen molar-refractivity contribution in [3.63, 3.8) is 0 Å². The van der Waals surface area contributed by atoms with Crippen molar-refractivity contribution in [2.75, 3.05) is 0 Å². The van der Waals surface area contributed by atoms with Gasteiger partial charge in [0, 0.05) is 16.8 Å². The Balaban J connectivity index is 1.75. The SMILES string of the molecule is Cc1cnc(-c2nc(-c3ccc(F)cc3)oc2SC2=CC=C(Cl)CC2)cn1. The number of oxazole rings is 1. The third kappa shape index (κ3) is 4.12. The number of aryl methyl sites for hydroxylation is 1. The van der Waals surface area contributed by atoms with Crippen molar-refractivity contribution in [2.24, 2.45) is 0 Å². The average Bonchev–Trinajstić information content (AvgIpc) is 3.08. The molecular formula is C20H15ClFN3OS. The van der Waals surface area contributed by atoms with Crippen LogP contribution in [0.2, 0.25) is 0 Å². The van der Waals surface area contributed by atoms with Crippen LogP contribution in [0.5, 0.6) is 0 Å². The lowest BCUT2D eigenvalue weighted by molar-refractivity contribution is 0.486. The zero-order chi connectivity index (χ0) is 18.8. The summed E-state index contributed by atoms with van der Waals surface area (Å²) in [6.07, 6.45) is 8.90. The van der Waals surface area contributed by atoms with Crippen molar-refractivity contribution in [3.8, 4) is 22.8 Å². The molecule has 0 bridgehead atoms. The maximum absolute atomic E-state index is 13.2. The average molecular weight is 400 g/mol. The van der Waals surface area contributed by atoms with Crippen LogP contribution in [0.4, 0.5) is 4.39 Å². The first-order valence-corrected chi connectivity index (χ1v) is 9.57. The molecule has 1 aromatic carbocycles. The molecule has 3 aromatic rings. The van der Waals surface area contributed by atoms with Crippen molar-refractivity contribution in [3.05, 3.63) is 70.3 Å². The molecule has 0 unspecified atom stereocenters. The van der Waals surface area contributed by atoms with E-state index < -0.39 is 0 Å². The third-order valence-corrected chi connectivity index (χ3v) is 5.37. The highest BCUT2D eigenvalue weighted by molar-refractivity contribution is 8.03. The summed E-state index contributed by atoms with van der Waals surface area (Å²) in [7, 11) is 0. The quantitative estimate of drug-likeness (QED) is 0.527. The summed E-state index contributed by atoms with van der Waals surface area (Å²) in [5.74, 6) is 0.111. The minimum atomic E-state index is -0.305. The number of hydrogen-bond donors (Lipinski definition) is 0. The molecule has 1 aliphatic carbocycles. The molecule has 0 amide bonds. The van der Waals surface area contributed by atoms with Gasteiger partial charge in [0.15, 0.2) is 5.09 Å². The van der Waals surface area contributed by atoms with Crippen LogP contribution in [0, 0.1) is 12.7 Å². The summed E-state index contributed by atoms with van der Waals surface area (Å²) < 4.78 is 19.3. The predicted molar refractivity (Wildman–Crippen MR) is 105 cm³/mol. The van der Waals surface area contributed by atoms with Crippen molar-refractivity contribution in [1.29, 1.82) is 0 Å². The van der Waals surface area contributed by atoms with E-state index in [2.05, 4.69) is 15.0 Å². The van der Waals surface area contributed by atoms with Gasteiger partial charge in [0.1, 0.15) is 17.2 Å². The Hall–Kier alpha value is -2.44. The van der Waals surface area contributed by atoms with E-state index in [1.165, 1.54) is 23.9 Å². The van der Waals surface area contributed by atoms with Crippen LogP contribution >= 0.6 is 23.4 Å². The molecule has 2 aromatic heterocycles. The monoisotopic (exact) mass is 399 g/mol. The second-order valence-corrected chi connectivity index (χ2v) is 7.64. The largest absolute Gasteiger partial charge is 0.429 e. The zero-order valence-corrected chi connectivity index (χ0v) is 16.0. The molecule has 0 radical (unpaired) electrons. The van der Waals surface area contributed by atoms with Gasteiger partial charge >= 0.3 is 0 Å². The number of aromatic nitrogens is 3. The first-order chi connectivity index (χ1) is 13.1. The number of halogens is 2. The van der Waals surface area contributed by atoms with Crippen molar-refractivity contribution in [1.82, 2.24) is 15.0 Å². The molecule has 0 saturated carbocycles. The zero-order valence-electron chi connectivity index (χ0n) is 14.4. The van der Waals surface area contributed by atoms with Crippen LogP contribution in [-0.2, 0) is 0 Å². The molecule has 4 rings (SSSR count). The standard InChI is InChI=1S/C20H15ClFN3OS/c1-12-10-24-17(11-23-12)18-20(27-16-8-4-14(21)5-9-16)26-19(25-18)13-2-6-15(22)7-3-13/h2-4,6-8,10-11H,5,9H2,1H3. The van der Waals surface area contributed by atoms with Crippen molar-refractivity contribution in [2.45, 2.75) is 24.9 Å². The lowest BCUT2D eigenvalue weighted by Gasteiger charge is -2.09. The molecule has 0 spiro atoms. The summed E-state index contributed by atoms with van der Waals surface area (Å²) in [6, 6.07) is 6.05. The fourth-order valence-corrected chi connectivity index (χ4v) is 3.67. The van der Waals surface area contributed by atoms with E-state index in [4.69, 9.17) is 16.0 Å². The number of hydrogen-bond acceptors (Lipinski definition) is 5. The Bertz CT molecular complexity index is 1030. The van der Waals surface area contributed by atoms with Crippen LogP contribution in [-0.4, -0.2) is 15.0 Å². The fraction of sp³-hybridized carbons (Fsp3) is 0.150. The third-order valence-electron chi connectivity index (χ3n) is 3.99. The molecule has 7 heteroatoms. The second kappa shape index (κ2) is 7.66. The molecule has 4 nitrogen and oxygen atoms in total. The molecule has 0 aliphatic heterocycles. The summed E-state index contributed by atoms with van der Waals surface area (Å²) in [5, 5.41) is 1.47. The molecule has 0 saturated heterocycles. The van der Waals surface area contributed by atoms with E-state index in [0.717, 1.165) is 28.5 Å². The Morgan fingerprint density at radius 3 is 2.56 bits per heavy atom. The van der Waals surface area contributed by atoms with Crippen LogP contribution < -0.4 is 0 Å². The second-order valence-electron chi connectivity index (χ2n) is 6.05. The maximum Gasteiger partial charge on any atom is 0.228 e. The minimum absolute atomic E-state index is 0.305. The molecule has 27 heavy (non-hydrogen) atoms. The fourth-order valence-electron chi connectivity index (χ4n) is 2.56. The van der Waals surface area contributed by atoms with Crippen LogP contribution in [0.3, 0.4) is 0 Å².